The van der Waals surface area contributed by atoms with Gasteiger partial charge < -0.3 is 9.84 Å². The van der Waals surface area contributed by atoms with E-state index in [0.29, 0.717) is 36.2 Å². The maximum Gasteiger partial charge on any atom is 0.302 e. The van der Waals surface area contributed by atoms with Crippen molar-refractivity contribution in [2.45, 2.75) is 79.2 Å². The smallest absolute Gasteiger partial charge is 0.302 e. The molecule has 1 N–H and O–H groups in total. The summed E-state index contributed by atoms with van der Waals surface area (Å²) in [5, 5.41) is 11.2. The first-order chi connectivity index (χ1) is 11.7. The van der Waals surface area contributed by atoms with E-state index >= 15 is 0 Å². The van der Waals surface area contributed by atoms with Crippen molar-refractivity contribution >= 4 is 5.97 Å². The van der Waals surface area contributed by atoms with Gasteiger partial charge in [0.25, 0.3) is 0 Å². The van der Waals surface area contributed by atoms with Gasteiger partial charge in [0.05, 0.1) is 12.7 Å². The molecule has 3 aliphatic carbocycles. The van der Waals surface area contributed by atoms with Crippen LogP contribution in [-0.2, 0) is 9.53 Å². The SMILES string of the molecule is CC(=O)OC[C@H]1C[C@H](O)[C@H]2[C@H](C(C)C)CC[C@]2(C)C[C@@H]2[C@H]1CC[C@H]2C. The predicted molar refractivity (Wildman–Crippen MR) is 99.9 cm³/mol. The molecule has 8 atom stereocenters. The summed E-state index contributed by atoms with van der Waals surface area (Å²) in [5.74, 6) is 3.90. The first-order valence-corrected chi connectivity index (χ1v) is 10.5. The maximum absolute atomic E-state index is 11.4. The number of carbonyl (C=O) groups is 1. The van der Waals surface area contributed by atoms with Crippen molar-refractivity contribution in [3.63, 3.8) is 0 Å². The lowest BCUT2D eigenvalue weighted by Crippen LogP contribution is -2.44. The van der Waals surface area contributed by atoms with E-state index < -0.39 is 0 Å². The Hall–Kier alpha value is -0.570. The van der Waals surface area contributed by atoms with Crippen LogP contribution in [0.15, 0.2) is 0 Å². The largest absolute Gasteiger partial charge is 0.466 e. The monoisotopic (exact) mass is 350 g/mol. The highest BCUT2D eigenvalue weighted by molar-refractivity contribution is 5.65. The molecule has 0 bridgehead atoms. The van der Waals surface area contributed by atoms with Gasteiger partial charge in [-0.1, -0.05) is 34.1 Å². The molecule has 0 aromatic carbocycles. The van der Waals surface area contributed by atoms with Crippen molar-refractivity contribution in [2.75, 3.05) is 6.61 Å². The van der Waals surface area contributed by atoms with E-state index in [0.717, 1.165) is 18.3 Å². The fraction of sp³-hybridized carbons (Fsp3) is 0.955. The van der Waals surface area contributed by atoms with Crippen molar-refractivity contribution in [1.29, 1.82) is 0 Å². The summed E-state index contributed by atoms with van der Waals surface area (Å²) in [4.78, 5) is 11.4. The lowest BCUT2D eigenvalue weighted by Gasteiger charge is -2.46. The van der Waals surface area contributed by atoms with Crippen LogP contribution in [0.25, 0.3) is 0 Å². The fourth-order valence-electron chi connectivity index (χ4n) is 6.92. The van der Waals surface area contributed by atoms with E-state index in [9.17, 15) is 9.90 Å². The number of ether oxygens (including phenoxy) is 1. The van der Waals surface area contributed by atoms with Crippen molar-refractivity contribution in [3.8, 4) is 0 Å². The zero-order valence-corrected chi connectivity index (χ0v) is 16.8. The van der Waals surface area contributed by atoms with Gasteiger partial charge in [0.1, 0.15) is 0 Å². The molecule has 0 amide bonds. The molecule has 3 heteroatoms. The number of aliphatic hydroxyl groups excluding tert-OH is 1. The number of fused-ring (bicyclic) bond motifs is 2. The molecule has 3 fully saturated rings. The zero-order chi connectivity index (χ0) is 18.4. The van der Waals surface area contributed by atoms with Gasteiger partial charge in [-0.15, -0.1) is 0 Å². The van der Waals surface area contributed by atoms with Gasteiger partial charge in [-0.3, -0.25) is 4.79 Å². The summed E-state index contributed by atoms with van der Waals surface area (Å²) < 4.78 is 5.43. The molecule has 3 nitrogen and oxygen atoms in total. The van der Waals surface area contributed by atoms with Crippen LogP contribution in [0, 0.1) is 46.8 Å². The number of rotatable bonds is 3. The highest BCUT2D eigenvalue weighted by atomic mass is 16.5. The maximum atomic E-state index is 11.4. The number of aliphatic hydroxyl groups is 1. The molecule has 0 radical (unpaired) electrons. The van der Waals surface area contributed by atoms with Crippen LogP contribution < -0.4 is 0 Å². The van der Waals surface area contributed by atoms with Crippen molar-refractivity contribution in [2.24, 2.45) is 46.8 Å². The van der Waals surface area contributed by atoms with Crippen molar-refractivity contribution in [1.82, 2.24) is 0 Å². The van der Waals surface area contributed by atoms with Gasteiger partial charge in [0, 0.05) is 6.92 Å². The molecule has 0 heterocycles. The summed E-state index contributed by atoms with van der Waals surface area (Å²) in [5.41, 5.74) is 0.280. The predicted octanol–water partition coefficient (Wildman–Crippen LogP) is 4.67. The van der Waals surface area contributed by atoms with Gasteiger partial charge in [-0.2, -0.15) is 0 Å². The highest BCUT2D eigenvalue weighted by Gasteiger charge is 2.54. The number of carbonyl (C=O) groups excluding carboxylic acids is 1. The van der Waals surface area contributed by atoms with Crippen molar-refractivity contribution < 1.29 is 14.6 Å². The van der Waals surface area contributed by atoms with Gasteiger partial charge in [-0.05, 0) is 78.9 Å². The third-order valence-electron chi connectivity index (χ3n) is 8.17. The van der Waals surface area contributed by atoms with Gasteiger partial charge >= 0.3 is 5.97 Å². The molecule has 0 unspecified atom stereocenters. The normalized spacial score (nSPS) is 47.1. The summed E-state index contributed by atoms with van der Waals surface area (Å²) >= 11 is 0. The zero-order valence-electron chi connectivity index (χ0n) is 16.8. The molecule has 0 aliphatic heterocycles. The van der Waals surface area contributed by atoms with E-state index in [4.69, 9.17) is 4.74 Å². The van der Waals surface area contributed by atoms with Crippen LogP contribution in [0.5, 0.6) is 0 Å². The molecule has 0 saturated heterocycles. The lowest BCUT2D eigenvalue weighted by atomic mass is 9.60. The van der Waals surface area contributed by atoms with Crippen LogP contribution >= 0.6 is 0 Å². The molecule has 3 aliphatic rings. The molecular formula is C22H38O3. The fourth-order valence-corrected chi connectivity index (χ4v) is 6.92. The second-order valence-corrected chi connectivity index (χ2v) is 10.1. The summed E-state index contributed by atoms with van der Waals surface area (Å²) in [6.07, 6.45) is 6.86. The molecule has 144 valence electrons. The van der Waals surface area contributed by atoms with Crippen LogP contribution in [0.3, 0.4) is 0 Å². The first kappa shape index (κ1) is 19.2. The number of esters is 1. The molecule has 25 heavy (non-hydrogen) atoms. The molecule has 3 saturated carbocycles. The van der Waals surface area contributed by atoms with Gasteiger partial charge in [-0.25, -0.2) is 0 Å². The van der Waals surface area contributed by atoms with Crippen LogP contribution in [-0.4, -0.2) is 23.8 Å². The first-order valence-electron chi connectivity index (χ1n) is 10.5. The Kier molecular flexibility index (Phi) is 5.54. The van der Waals surface area contributed by atoms with Gasteiger partial charge in [0.15, 0.2) is 0 Å². The van der Waals surface area contributed by atoms with Gasteiger partial charge in [0.2, 0.25) is 0 Å². The third kappa shape index (κ3) is 3.63. The van der Waals surface area contributed by atoms with Crippen LogP contribution in [0.2, 0.25) is 0 Å². The van der Waals surface area contributed by atoms with E-state index in [1.165, 1.54) is 39.0 Å². The Morgan fingerprint density at radius 3 is 2.60 bits per heavy atom. The van der Waals surface area contributed by atoms with Crippen LogP contribution in [0.1, 0.15) is 73.1 Å². The molecule has 0 aromatic heterocycles. The molecule has 0 aromatic rings. The van der Waals surface area contributed by atoms with E-state index in [-0.39, 0.29) is 17.5 Å². The Morgan fingerprint density at radius 2 is 1.96 bits per heavy atom. The summed E-state index contributed by atoms with van der Waals surface area (Å²) in [6.45, 7) is 11.5. The quantitative estimate of drug-likeness (QED) is 0.752. The number of hydrogen-bond acceptors (Lipinski definition) is 3. The molecule has 0 spiro atoms. The van der Waals surface area contributed by atoms with E-state index in [2.05, 4.69) is 27.7 Å². The number of hydrogen-bond donors (Lipinski definition) is 1. The molecule has 3 rings (SSSR count). The van der Waals surface area contributed by atoms with E-state index in [1.54, 1.807) is 0 Å². The molecular weight excluding hydrogens is 312 g/mol. The highest BCUT2D eigenvalue weighted by Crippen LogP contribution is 2.60. The van der Waals surface area contributed by atoms with Crippen LogP contribution in [0.4, 0.5) is 0 Å². The topological polar surface area (TPSA) is 46.5 Å². The van der Waals surface area contributed by atoms with Crippen molar-refractivity contribution in [3.05, 3.63) is 0 Å². The lowest BCUT2D eigenvalue weighted by molar-refractivity contribution is -0.144. The second-order valence-electron chi connectivity index (χ2n) is 10.1. The minimum Gasteiger partial charge on any atom is -0.466 e. The minimum atomic E-state index is -0.252. The average Bonchev–Trinajstić information content (AvgIpc) is 3.04. The summed E-state index contributed by atoms with van der Waals surface area (Å²) in [6, 6.07) is 0. The Morgan fingerprint density at radius 1 is 1.24 bits per heavy atom. The summed E-state index contributed by atoms with van der Waals surface area (Å²) in [7, 11) is 0. The third-order valence-corrected chi connectivity index (χ3v) is 8.17. The minimum absolute atomic E-state index is 0.190. The Balaban J connectivity index is 1.88. The standard InChI is InChI=1S/C22H38O3/c1-13(2)17-8-9-22(5)11-19-14(3)6-7-18(19)16(12-25-15(4)23)10-20(24)21(17)22/h13-14,16-21,24H,6-12H2,1-5H3/t14-,16-,17+,18+,19+,20+,21-,22-/m1/s1. The second kappa shape index (κ2) is 7.21. The Labute approximate surface area is 153 Å². The Bertz CT molecular complexity index is 488. The van der Waals surface area contributed by atoms with E-state index in [1.807, 2.05) is 0 Å². The average molecular weight is 351 g/mol.